The van der Waals surface area contributed by atoms with Gasteiger partial charge in [0.05, 0.1) is 19.6 Å². The van der Waals surface area contributed by atoms with Crippen LogP contribution >= 0.6 is 0 Å². The zero-order valence-electron chi connectivity index (χ0n) is 14.8. The summed E-state index contributed by atoms with van der Waals surface area (Å²) in [5, 5.41) is 3.96. The van der Waals surface area contributed by atoms with Crippen molar-refractivity contribution in [1.29, 1.82) is 0 Å². The predicted molar refractivity (Wildman–Crippen MR) is 99.5 cm³/mol. The number of methoxy groups -OCH3 is 2. The normalized spacial score (nSPS) is 11.4. The number of hydrogen-bond acceptors (Lipinski definition) is 3. The molecule has 130 valence electrons. The number of hydrogen-bond donors (Lipinski definition) is 2. The van der Waals surface area contributed by atoms with Crippen LogP contribution in [0.15, 0.2) is 48.7 Å². The fraction of sp³-hybridized carbons (Fsp3) is 0.250. The second kappa shape index (κ2) is 6.51. The highest BCUT2D eigenvalue weighted by molar-refractivity contribution is 6.02. The van der Waals surface area contributed by atoms with E-state index in [1.54, 1.807) is 14.2 Å². The van der Waals surface area contributed by atoms with Gasteiger partial charge in [0.1, 0.15) is 11.5 Å². The fourth-order valence-electron chi connectivity index (χ4n) is 2.83. The molecule has 25 heavy (non-hydrogen) atoms. The standard InChI is InChI=1S/C20H22N2O3/c1-20(2,19(23)22-13-5-7-14(24-3)8-6-13)17-12-21-18-10-9-15(25-4)11-16(17)18/h5-12,21H,1-4H3,(H,22,23). The Hall–Kier alpha value is -2.95. The molecule has 0 unspecified atom stereocenters. The molecular weight excluding hydrogens is 316 g/mol. The van der Waals surface area contributed by atoms with E-state index in [-0.39, 0.29) is 5.91 Å². The van der Waals surface area contributed by atoms with Crippen LogP contribution in [0.4, 0.5) is 5.69 Å². The van der Waals surface area contributed by atoms with Crippen molar-refractivity contribution in [3.63, 3.8) is 0 Å². The number of benzene rings is 2. The summed E-state index contributed by atoms with van der Waals surface area (Å²) in [5.74, 6) is 1.43. The van der Waals surface area contributed by atoms with Crippen LogP contribution in [-0.2, 0) is 10.2 Å². The molecule has 0 spiro atoms. The van der Waals surface area contributed by atoms with Gasteiger partial charge in [-0.15, -0.1) is 0 Å². The van der Waals surface area contributed by atoms with Gasteiger partial charge in [-0.3, -0.25) is 4.79 Å². The Morgan fingerprint density at radius 3 is 2.28 bits per heavy atom. The minimum Gasteiger partial charge on any atom is -0.497 e. The lowest BCUT2D eigenvalue weighted by atomic mass is 9.83. The molecule has 0 atom stereocenters. The quantitative estimate of drug-likeness (QED) is 0.736. The number of aromatic amines is 1. The summed E-state index contributed by atoms with van der Waals surface area (Å²) in [7, 11) is 3.25. The average Bonchev–Trinajstić information content (AvgIpc) is 3.06. The van der Waals surface area contributed by atoms with Crippen LogP contribution in [-0.4, -0.2) is 25.1 Å². The van der Waals surface area contributed by atoms with Crippen molar-refractivity contribution in [3.8, 4) is 11.5 Å². The third-order valence-corrected chi connectivity index (χ3v) is 4.48. The van der Waals surface area contributed by atoms with Gasteiger partial charge in [0, 0.05) is 22.8 Å². The molecule has 2 aromatic carbocycles. The van der Waals surface area contributed by atoms with E-state index in [9.17, 15) is 4.79 Å². The summed E-state index contributed by atoms with van der Waals surface area (Å²) in [4.78, 5) is 16.1. The van der Waals surface area contributed by atoms with E-state index in [2.05, 4.69) is 10.3 Å². The third-order valence-electron chi connectivity index (χ3n) is 4.48. The molecule has 0 bridgehead atoms. The molecule has 2 N–H and O–H groups in total. The maximum atomic E-state index is 12.9. The number of carbonyl (C=O) groups excluding carboxylic acids is 1. The summed E-state index contributed by atoms with van der Waals surface area (Å²) in [6.45, 7) is 3.82. The highest BCUT2D eigenvalue weighted by atomic mass is 16.5. The van der Waals surface area contributed by atoms with Gasteiger partial charge < -0.3 is 19.8 Å². The predicted octanol–water partition coefficient (Wildman–Crippen LogP) is 4.10. The van der Waals surface area contributed by atoms with Crippen LogP contribution < -0.4 is 14.8 Å². The molecule has 0 aliphatic rings. The van der Waals surface area contributed by atoms with Gasteiger partial charge in [-0.05, 0) is 61.9 Å². The first-order chi connectivity index (χ1) is 12.0. The smallest absolute Gasteiger partial charge is 0.234 e. The molecule has 0 aliphatic heterocycles. The van der Waals surface area contributed by atoms with E-state index in [0.29, 0.717) is 0 Å². The van der Waals surface area contributed by atoms with E-state index in [4.69, 9.17) is 9.47 Å². The molecule has 1 amide bonds. The van der Waals surface area contributed by atoms with Crippen LogP contribution in [0.1, 0.15) is 19.4 Å². The van der Waals surface area contributed by atoms with Gasteiger partial charge >= 0.3 is 0 Å². The molecule has 0 saturated carbocycles. The number of rotatable bonds is 5. The molecule has 3 aromatic rings. The van der Waals surface area contributed by atoms with Gasteiger partial charge in [0.15, 0.2) is 0 Å². The van der Waals surface area contributed by atoms with Crippen LogP contribution in [0.2, 0.25) is 0 Å². The zero-order valence-corrected chi connectivity index (χ0v) is 14.8. The minimum atomic E-state index is -0.718. The van der Waals surface area contributed by atoms with Crippen molar-refractivity contribution >= 4 is 22.5 Å². The summed E-state index contributed by atoms with van der Waals surface area (Å²) < 4.78 is 10.5. The Labute approximate surface area is 147 Å². The summed E-state index contributed by atoms with van der Waals surface area (Å²) in [6, 6.07) is 13.1. The van der Waals surface area contributed by atoms with E-state index < -0.39 is 5.41 Å². The topological polar surface area (TPSA) is 63.3 Å². The van der Waals surface area contributed by atoms with Gasteiger partial charge in [0.2, 0.25) is 5.91 Å². The Balaban J connectivity index is 1.90. The number of fused-ring (bicyclic) bond motifs is 1. The average molecular weight is 338 g/mol. The van der Waals surface area contributed by atoms with Gasteiger partial charge in [-0.25, -0.2) is 0 Å². The van der Waals surface area contributed by atoms with Crippen LogP contribution in [0.5, 0.6) is 11.5 Å². The van der Waals surface area contributed by atoms with Gasteiger partial charge in [0.25, 0.3) is 0 Å². The first kappa shape index (κ1) is 16.9. The highest BCUT2D eigenvalue weighted by Crippen LogP contribution is 2.33. The molecular formula is C20H22N2O3. The van der Waals surface area contributed by atoms with E-state index in [1.165, 1.54) is 0 Å². The Morgan fingerprint density at radius 1 is 1.00 bits per heavy atom. The SMILES string of the molecule is COc1ccc(NC(=O)C(C)(C)c2c[nH]c3ccc(OC)cc23)cc1. The van der Waals surface area contributed by atoms with Crippen molar-refractivity contribution in [1.82, 2.24) is 4.98 Å². The number of ether oxygens (including phenoxy) is 2. The second-order valence-electron chi connectivity index (χ2n) is 6.42. The lowest BCUT2D eigenvalue weighted by molar-refractivity contribution is -0.120. The molecule has 1 heterocycles. The van der Waals surface area contributed by atoms with Gasteiger partial charge in [-0.1, -0.05) is 0 Å². The van der Waals surface area contributed by atoms with Crippen molar-refractivity contribution in [3.05, 3.63) is 54.2 Å². The van der Waals surface area contributed by atoms with E-state index >= 15 is 0 Å². The summed E-state index contributed by atoms with van der Waals surface area (Å²) in [5.41, 5.74) is 1.91. The van der Waals surface area contributed by atoms with Crippen LogP contribution in [0, 0.1) is 0 Å². The molecule has 5 nitrogen and oxygen atoms in total. The van der Waals surface area contributed by atoms with Crippen molar-refractivity contribution in [2.75, 3.05) is 19.5 Å². The number of anilines is 1. The van der Waals surface area contributed by atoms with Crippen LogP contribution in [0.25, 0.3) is 10.9 Å². The monoisotopic (exact) mass is 338 g/mol. The maximum Gasteiger partial charge on any atom is 0.234 e. The first-order valence-corrected chi connectivity index (χ1v) is 8.07. The largest absolute Gasteiger partial charge is 0.497 e. The number of aromatic nitrogens is 1. The van der Waals surface area contributed by atoms with Crippen LogP contribution in [0.3, 0.4) is 0 Å². The Kier molecular flexibility index (Phi) is 4.40. The molecule has 3 rings (SSSR count). The molecule has 0 saturated heterocycles. The number of amides is 1. The Bertz CT molecular complexity index is 895. The number of carbonyl (C=O) groups is 1. The lowest BCUT2D eigenvalue weighted by Gasteiger charge is -2.23. The highest BCUT2D eigenvalue weighted by Gasteiger charge is 2.32. The summed E-state index contributed by atoms with van der Waals surface area (Å²) >= 11 is 0. The number of H-pyrrole nitrogens is 1. The van der Waals surface area contributed by atoms with E-state index in [1.807, 2.05) is 62.5 Å². The zero-order chi connectivity index (χ0) is 18.0. The lowest BCUT2D eigenvalue weighted by Crippen LogP contribution is -2.34. The Morgan fingerprint density at radius 2 is 1.64 bits per heavy atom. The van der Waals surface area contributed by atoms with Crippen molar-refractivity contribution in [2.24, 2.45) is 0 Å². The minimum absolute atomic E-state index is 0.0820. The van der Waals surface area contributed by atoms with Crippen molar-refractivity contribution in [2.45, 2.75) is 19.3 Å². The summed E-state index contributed by atoms with van der Waals surface area (Å²) in [6.07, 6.45) is 1.89. The van der Waals surface area contributed by atoms with Crippen molar-refractivity contribution < 1.29 is 14.3 Å². The molecule has 0 aliphatic carbocycles. The fourth-order valence-corrected chi connectivity index (χ4v) is 2.83. The number of nitrogens with one attached hydrogen (secondary N) is 2. The first-order valence-electron chi connectivity index (χ1n) is 8.07. The molecule has 0 radical (unpaired) electrons. The third kappa shape index (κ3) is 3.18. The van der Waals surface area contributed by atoms with E-state index in [0.717, 1.165) is 33.7 Å². The molecule has 0 fully saturated rings. The second-order valence-corrected chi connectivity index (χ2v) is 6.42. The maximum absolute atomic E-state index is 12.9. The molecule has 5 heteroatoms. The molecule has 1 aromatic heterocycles. The van der Waals surface area contributed by atoms with Gasteiger partial charge in [-0.2, -0.15) is 0 Å².